The number of fused-ring (bicyclic) bond motifs is 1. The van der Waals surface area contributed by atoms with Crippen LogP contribution in [0.2, 0.25) is 0 Å². The van der Waals surface area contributed by atoms with Gasteiger partial charge in [0.25, 0.3) is 5.91 Å². The van der Waals surface area contributed by atoms with E-state index < -0.39 is 0 Å². The molecule has 1 aromatic heterocycles. The molecule has 0 unspecified atom stereocenters. The lowest BCUT2D eigenvalue weighted by atomic mass is 10.2. The van der Waals surface area contributed by atoms with Gasteiger partial charge in [0.05, 0.1) is 5.39 Å². The highest BCUT2D eigenvalue weighted by molar-refractivity contribution is 5.93. The maximum atomic E-state index is 11.9. The summed E-state index contributed by atoms with van der Waals surface area (Å²) >= 11 is 0. The zero-order valence-corrected chi connectivity index (χ0v) is 11.4. The minimum atomic E-state index is -0.369. The Bertz CT molecular complexity index is 649. The molecule has 2 N–H and O–H groups in total. The van der Waals surface area contributed by atoms with Gasteiger partial charge in [-0.05, 0) is 25.1 Å². The monoisotopic (exact) mass is 274 g/mol. The van der Waals surface area contributed by atoms with Crippen molar-refractivity contribution < 1.29 is 9.21 Å². The molecule has 0 aliphatic rings. The third kappa shape index (κ3) is 3.45. The second-order valence-electron chi connectivity index (χ2n) is 4.48. The minimum Gasteiger partial charge on any atom is -0.451 e. The average molecular weight is 274 g/mol. The summed E-state index contributed by atoms with van der Waals surface area (Å²) in [5.74, 6) is -0.324. The van der Waals surface area contributed by atoms with Gasteiger partial charge in [0.1, 0.15) is 5.58 Å². The molecule has 5 nitrogen and oxygen atoms in total. The van der Waals surface area contributed by atoms with Crippen LogP contribution in [0.25, 0.3) is 11.0 Å². The second-order valence-corrected chi connectivity index (χ2v) is 4.48. The Morgan fingerprint density at radius 2 is 2.00 bits per heavy atom. The maximum Gasteiger partial charge on any atom is 0.287 e. The van der Waals surface area contributed by atoms with E-state index in [9.17, 15) is 9.59 Å². The van der Waals surface area contributed by atoms with Gasteiger partial charge in [0, 0.05) is 19.2 Å². The summed E-state index contributed by atoms with van der Waals surface area (Å²) in [5, 5.41) is 6.37. The van der Waals surface area contributed by atoms with E-state index >= 15 is 0 Å². The van der Waals surface area contributed by atoms with Crippen LogP contribution in [0.3, 0.4) is 0 Å². The average Bonchev–Trinajstić information content (AvgIpc) is 2.47. The number of carbonyl (C=O) groups excluding carboxylic acids is 1. The highest BCUT2D eigenvalue weighted by Gasteiger charge is 2.11. The van der Waals surface area contributed by atoms with Crippen LogP contribution in [0.1, 0.15) is 23.9 Å². The number of benzene rings is 1. The molecule has 5 heteroatoms. The first kappa shape index (κ1) is 14.3. The molecule has 1 aromatic carbocycles. The summed E-state index contributed by atoms with van der Waals surface area (Å²) in [6.07, 6.45) is 1.05. The Morgan fingerprint density at radius 1 is 1.20 bits per heavy atom. The van der Waals surface area contributed by atoms with Crippen molar-refractivity contribution in [2.75, 3.05) is 19.6 Å². The van der Waals surface area contributed by atoms with E-state index in [1.165, 1.54) is 6.07 Å². The number of hydrogen-bond donors (Lipinski definition) is 2. The van der Waals surface area contributed by atoms with E-state index in [0.29, 0.717) is 24.1 Å². The van der Waals surface area contributed by atoms with Gasteiger partial charge in [-0.1, -0.05) is 19.1 Å². The molecule has 0 saturated heterocycles. The molecule has 2 rings (SSSR count). The molecule has 1 amide bonds. The smallest absolute Gasteiger partial charge is 0.287 e. The van der Waals surface area contributed by atoms with E-state index in [0.717, 1.165) is 13.0 Å². The summed E-state index contributed by atoms with van der Waals surface area (Å²) in [6, 6.07) is 8.12. The molecule has 20 heavy (non-hydrogen) atoms. The lowest BCUT2D eigenvalue weighted by Crippen LogP contribution is -2.32. The van der Waals surface area contributed by atoms with E-state index in [-0.39, 0.29) is 17.1 Å². The van der Waals surface area contributed by atoms with Crippen molar-refractivity contribution in [1.29, 1.82) is 0 Å². The maximum absolute atomic E-state index is 11.9. The molecular weight excluding hydrogens is 256 g/mol. The zero-order valence-electron chi connectivity index (χ0n) is 11.4. The molecule has 0 saturated carbocycles. The predicted molar refractivity (Wildman–Crippen MR) is 78.0 cm³/mol. The number of para-hydroxylation sites is 1. The van der Waals surface area contributed by atoms with Crippen LogP contribution in [0.4, 0.5) is 0 Å². The van der Waals surface area contributed by atoms with Crippen molar-refractivity contribution in [1.82, 2.24) is 10.6 Å². The number of rotatable bonds is 6. The summed E-state index contributed by atoms with van der Waals surface area (Å²) in [6.45, 7) is 4.18. The summed E-state index contributed by atoms with van der Waals surface area (Å²) in [7, 11) is 0. The Labute approximate surface area is 117 Å². The molecule has 106 valence electrons. The van der Waals surface area contributed by atoms with E-state index in [4.69, 9.17) is 4.42 Å². The van der Waals surface area contributed by atoms with Crippen molar-refractivity contribution in [2.45, 2.75) is 13.3 Å². The van der Waals surface area contributed by atoms with Gasteiger partial charge in [0.2, 0.25) is 0 Å². The first-order valence-electron chi connectivity index (χ1n) is 6.74. The molecule has 0 aliphatic carbocycles. The summed E-state index contributed by atoms with van der Waals surface area (Å²) in [5.41, 5.74) is 0.218. The fourth-order valence-corrected chi connectivity index (χ4v) is 1.87. The number of nitrogens with one attached hydrogen (secondary N) is 2. The van der Waals surface area contributed by atoms with Crippen molar-refractivity contribution in [3.8, 4) is 0 Å². The van der Waals surface area contributed by atoms with Crippen molar-refractivity contribution >= 4 is 16.9 Å². The zero-order chi connectivity index (χ0) is 14.4. The molecule has 2 aromatic rings. The Hall–Kier alpha value is -2.14. The topological polar surface area (TPSA) is 71.3 Å². The van der Waals surface area contributed by atoms with Gasteiger partial charge in [-0.3, -0.25) is 9.59 Å². The molecule has 1 heterocycles. The summed E-state index contributed by atoms with van der Waals surface area (Å²) < 4.78 is 5.45. The minimum absolute atomic E-state index is 0.0455. The molecule has 0 atom stereocenters. The quantitative estimate of drug-likeness (QED) is 0.783. The fraction of sp³-hybridized carbons (Fsp3) is 0.333. The highest BCUT2D eigenvalue weighted by atomic mass is 16.3. The van der Waals surface area contributed by atoms with Crippen molar-refractivity contribution in [3.05, 3.63) is 46.3 Å². The van der Waals surface area contributed by atoms with Gasteiger partial charge in [-0.25, -0.2) is 0 Å². The van der Waals surface area contributed by atoms with Gasteiger partial charge in [0.15, 0.2) is 11.2 Å². The second kappa shape index (κ2) is 6.86. The van der Waals surface area contributed by atoms with Crippen LogP contribution in [0, 0.1) is 0 Å². The molecule has 0 bridgehead atoms. The van der Waals surface area contributed by atoms with Crippen molar-refractivity contribution in [3.63, 3.8) is 0 Å². The van der Waals surface area contributed by atoms with Crippen LogP contribution >= 0.6 is 0 Å². The SMILES string of the molecule is CCCNCCNC(=O)c1cc(=O)c2ccccc2o1. The Morgan fingerprint density at radius 3 is 2.80 bits per heavy atom. The van der Waals surface area contributed by atoms with Crippen LogP contribution in [0.15, 0.2) is 39.5 Å². The van der Waals surface area contributed by atoms with Gasteiger partial charge >= 0.3 is 0 Å². The largest absolute Gasteiger partial charge is 0.451 e. The van der Waals surface area contributed by atoms with Gasteiger partial charge in [-0.2, -0.15) is 0 Å². The lowest BCUT2D eigenvalue weighted by molar-refractivity contribution is 0.0927. The molecular formula is C15H18N2O3. The third-order valence-corrected chi connectivity index (χ3v) is 2.87. The molecule has 0 fully saturated rings. The van der Waals surface area contributed by atoms with Crippen molar-refractivity contribution in [2.24, 2.45) is 0 Å². The lowest BCUT2D eigenvalue weighted by Gasteiger charge is -2.06. The first-order valence-corrected chi connectivity index (χ1v) is 6.74. The molecule has 0 radical (unpaired) electrons. The van der Waals surface area contributed by atoms with Crippen LogP contribution < -0.4 is 16.1 Å². The normalized spacial score (nSPS) is 10.7. The standard InChI is InChI=1S/C15H18N2O3/c1-2-7-16-8-9-17-15(19)14-10-12(18)11-5-3-4-6-13(11)20-14/h3-6,10,16H,2,7-9H2,1H3,(H,17,19). The van der Waals surface area contributed by atoms with Crippen LogP contribution in [-0.4, -0.2) is 25.5 Å². The Kier molecular flexibility index (Phi) is 4.90. The van der Waals surface area contributed by atoms with E-state index in [1.54, 1.807) is 24.3 Å². The summed E-state index contributed by atoms with van der Waals surface area (Å²) in [4.78, 5) is 23.8. The number of hydrogen-bond acceptors (Lipinski definition) is 4. The molecule has 0 aliphatic heterocycles. The predicted octanol–water partition coefficient (Wildman–Crippen LogP) is 1.52. The first-order chi connectivity index (χ1) is 9.72. The Balaban J connectivity index is 2.05. The fourth-order valence-electron chi connectivity index (χ4n) is 1.87. The van der Waals surface area contributed by atoms with Gasteiger partial charge in [-0.15, -0.1) is 0 Å². The third-order valence-electron chi connectivity index (χ3n) is 2.87. The van der Waals surface area contributed by atoms with Crippen LogP contribution in [0.5, 0.6) is 0 Å². The number of amides is 1. The molecule has 0 spiro atoms. The van der Waals surface area contributed by atoms with Gasteiger partial charge < -0.3 is 15.1 Å². The number of carbonyl (C=O) groups is 1. The highest BCUT2D eigenvalue weighted by Crippen LogP contribution is 2.11. The van der Waals surface area contributed by atoms with E-state index in [2.05, 4.69) is 17.6 Å². The van der Waals surface area contributed by atoms with Crippen LogP contribution in [-0.2, 0) is 0 Å². The van der Waals surface area contributed by atoms with E-state index in [1.807, 2.05) is 0 Å².